The standard InChI is InChI=1S/C9H9O3/c1-2-12-8-5-3-7(4-6-8)9(10)11/h3-6H,1-2H2,(H,10,11). The van der Waals surface area contributed by atoms with Crippen LogP contribution in [0.15, 0.2) is 24.3 Å². The summed E-state index contributed by atoms with van der Waals surface area (Å²) in [6.45, 7) is 3.84. The molecular formula is C9H9O3. The third-order valence-electron chi connectivity index (χ3n) is 1.37. The fourth-order valence-electron chi connectivity index (χ4n) is 0.812. The van der Waals surface area contributed by atoms with Crippen molar-refractivity contribution in [3.8, 4) is 5.75 Å². The molecule has 1 N–H and O–H groups in total. The van der Waals surface area contributed by atoms with Gasteiger partial charge < -0.3 is 9.84 Å². The van der Waals surface area contributed by atoms with Crippen molar-refractivity contribution in [2.45, 2.75) is 0 Å². The highest BCUT2D eigenvalue weighted by Crippen LogP contribution is 2.11. The van der Waals surface area contributed by atoms with Gasteiger partial charge in [0.15, 0.2) is 0 Å². The molecule has 0 atom stereocenters. The van der Waals surface area contributed by atoms with E-state index >= 15 is 0 Å². The zero-order valence-electron chi connectivity index (χ0n) is 6.49. The van der Waals surface area contributed by atoms with Gasteiger partial charge in [0, 0.05) is 0 Å². The van der Waals surface area contributed by atoms with E-state index in [1.165, 1.54) is 12.1 Å². The van der Waals surface area contributed by atoms with Crippen LogP contribution in [0.5, 0.6) is 5.75 Å². The van der Waals surface area contributed by atoms with Gasteiger partial charge in [-0.25, -0.2) is 4.79 Å². The van der Waals surface area contributed by atoms with E-state index in [-0.39, 0.29) is 5.56 Å². The lowest BCUT2D eigenvalue weighted by Crippen LogP contribution is -1.96. The van der Waals surface area contributed by atoms with Crippen LogP contribution in [0.4, 0.5) is 0 Å². The molecule has 0 heterocycles. The van der Waals surface area contributed by atoms with Gasteiger partial charge in [0.1, 0.15) is 5.75 Å². The normalized spacial score (nSPS) is 9.42. The minimum Gasteiger partial charge on any atom is -0.494 e. The number of carboxylic acids is 1. The summed E-state index contributed by atoms with van der Waals surface area (Å²) in [5.74, 6) is -0.300. The van der Waals surface area contributed by atoms with Crippen LogP contribution in [-0.2, 0) is 0 Å². The maximum Gasteiger partial charge on any atom is 0.335 e. The fraction of sp³-hybridized carbons (Fsp3) is 0.111. The predicted octanol–water partition coefficient (Wildman–Crippen LogP) is 1.60. The van der Waals surface area contributed by atoms with Gasteiger partial charge in [-0.2, -0.15) is 0 Å². The van der Waals surface area contributed by atoms with Crippen molar-refractivity contribution in [2.24, 2.45) is 0 Å². The van der Waals surface area contributed by atoms with Crippen molar-refractivity contribution < 1.29 is 14.6 Å². The molecule has 0 saturated carbocycles. The molecule has 1 radical (unpaired) electrons. The Morgan fingerprint density at radius 2 is 2.00 bits per heavy atom. The Hall–Kier alpha value is -1.51. The van der Waals surface area contributed by atoms with Gasteiger partial charge in [0.2, 0.25) is 0 Å². The topological polar surface area (TPSA) is 46.5 Å². The zero-order chi connectivity index (χ0) is 8.97. The Morgan fingerprint density at radius 3 is 2.42 bits per heavy atom. The summed E-state index contributed by atoms with van der Waals surface area (Å²) < 4.78 is 5.04. The Balaban J connectivity index is 2.78. The molecule has 1 rings (SSSR count). The second kappa shape index (κ2) is 3.76. The first-order valence-electron chi connectivity index (χ1n) is 3.49. The minimum absolute atomic E-state index is 0.256. The molecule has 0 aliphatic carbocycles. The van der Waals surface area contributed by atoms with Gasteiger partial charge in [-0.3, -0.25) is 0 Å². The van der Waals surface area contributed by atoms with Gasteiger partial charge in [0.25, 0.3) is 0 Å². The molecule has 0 bridgehead atoms. The van der Waals surface area contributed by atoms with Gasteiger partial charge in [-0.1, -0.05) is 0 Å². The number of carboxylic acid groups (broad SMARTS) is 1. The van der Waals surface area contributed by atoms with Gasteiger partial charge in [-0.05, 0) is 31.2 Å². The van der Waals surface area contributed by atoms with E-state index < -0.39 is 5.97 Å². The minimum atomic E-state index is -0.934. The largest absolute Gasteiger partial charge is 0.494 e. The summed E-state index contributed by atoms with van der Waals surface area (Å²) in [6, 6.07) is 6.20. The highest BCUT2D eigenvalue weighted by atomic mass is 16.5. The van der Waals surface area contributed by atoms with E-state index in [1.54, 1.807) is 12.1 Å². The molecule has 63 valence electrons. The number of hydrogen-bond acceptors (Lipinski definition) is 2. The molecule has 3 nitrogen and oxygen atoms in total. The molecule has 1 aromatic carbocycles. The summed E-state index contributed by atoms with van der Waals surface area (Å²) in [6.07, 6.45) is 0. The Morgan fingerprint density at radius 1 is 1.42 bits per heavy atom. The Kier molecular flexibility index (Phi) is 2.69. The van der Waals surface area contributed by atoms with Crippen LogP contribution in [-0.4, -0.2) is 17.7 Å². The van der Waals surface area contributed by atoms with E-state index in [9.17, 15) is 4.79 Å². The summed E-state index contributed by atoms with van der Waals surface area (Å²) in [4.78, 5) is 10.4. The number of benzene rings is 1. The number of hydrogen-bond donors (Lipinski definition) is 1. The second-order valence-electron chi connectivity index (χ2n) is 2.18. The first-order chi connectivity index (χ1) is 5.74. The monoisotopic (exact) mass is 165 g/mol. The van der Waals surface area contributed by atoms with Crippen LogP contribution in [0.25, 0.3) is 0 Å². The summed E-state index contributed by atoms with van der Waals surface area (Å²) >= 11 is 0. The third kappa shape index (κ3) is 1.99. The number of carbonyl (C=O) groups is 1. The highest BCUT2D eigenvalue weighted by Gasteiger charge is 2.00. The van der Waals surface area contributed by atoms with Crippen molar-refractivity contribution in [1.82, 2.24) is 0 Å². The zero-order valence-corrected chi connectivity index (χ0v) is 6.49. The van der Waals surface area contributed by atoms with Gasteiger partial charge in [0.05, 0.1) is 12.2 Å². The third-order valence-corrected chi connectivity index (χ3v) is 1.37. The van der Waals surface area contributed by atoms with E-state index in [0.29, 0.717) is 12.4 Å². The average molecular weight is 165 g/mol. The molecule has 0 amide bonds. The van der Waals surface area contributed by atoms with E-state index in [1.807, 2.05) is 0 Å². The molecular weight excluding hydrogens is 156 g/mol. The fourth-order valence-corrected chi connectivity index (χ4v) is 0.812. The van der Waals surface area contributed by atoms with Crippen LogP contribution in [0, 0.1) is 6.92 Å². The van der Waals surface area contributed by atoms with Crippen molar-refractivity contribution in [3.63, 3.8) is 0 Å². The SMILES string of the molecule is [CH2]COc1ccc(C(=O)O)cc1. The molecule has 1 aromatic rings. The average Bonchev–Trinajstić information content (AvgIpc) is 2.06. The molecule has 3 heteroatoms. The van der Waals surface area contributed by atoms with Crippen molar-refractivity contribution in [1.29, 1.82) is 0 Å². The summed E-state index contributed by atoms with van der Waals surface area (Å²) in [7, 11) is 0. The highest BCUT2D eigenvalue weighted by molar-refractivity contribution is 5.87. The molecule has 0 aliphatic rings. The maximum absolute atomic E-state index is 10.4. The number of aromatic carboxylic acids is 1. The molecule has 0 fully saturated rings. The lowest BCUT2D eigenvalue weighted by molar-refractivity contribution is 0.0697. The van der Waals surface area contributed by atoms with Crippen LogP contribution < -0.4 is 4.74 Å². The lowest BCUT2D eigenvalue weighted by atomic mass is 10.2. The Labute approximate surface area is 70.6 Å². The van der Waals surface area contributed by atoms with Crippen LogP contribution in [0.2, 0.25) is 0 Å². The smallest absolute Gasteiger partial charge is 0.335 e. The molecule has 0 saturated heterocycles. The second-order valence-corrected chi connectivity index (χ2v) is 2.18. The number of rotatable bonds is 3. The maximum atomic E-state index is 10.4. The predicted molar refractivity (Wildman–Crippen MR) is 44.3 cm³/mol. The van der Waals surface area contributed by atoms with E-state index in [4.69, 9.17) is 9.84 Å². The lowest BCUT2D eigenvalue weighted by Gasteiger charge is -2.01. The first-order valence-corrected chi connectivity index (χ1v) is 3.49. The van der Waals surface area contributed by atoms with E-state index in [0.717, 1.165) is 0 Å². The number of ether oxygens (including phenoxy) is 1. The Bertz CT molecular complexity index is 264. The summed E-state index contributed by atoms with van der Waals surface area (Å²) in [5.41, 5.74) is 0.256. The molecule has 0 unspecified atom stereocenters. The van der Waals surface area contributed by atoms with Crippen molar-refractivity contribution >= 4 is 5.97 Å². The summed E-state index contributed by atoms with van der Waals surface area (Å²) in [5, 5.41) is 8.55. The van der Waals surface area contributed by atoms with Gasteiger partial charge >= 0.3 is 5.97 Å². The van der Waals surface area contributed by atoms with Crippen molar-refractivity contribution in [2.75, 3.05) is 6.61 Å². The van der Waals surface area contributed by atoms with Gasteiger partial charge in [-0.15, -0.1) is 0 Å². The van der Waals surface area contributed by atoms with Crippen LogP contribution in [0.3, 0.4) is 0 Å². The molecule has 12 heavy (non-hydrogen) atoms. The van der Waals surface area contributed by atoms with E-state index in [2.05, 4.69) is 6.92 Å². The quantitative estimate of drug-likeness (QED) is 0.739. The molecule has 0 aliphatic heterocycles. The first kappa shape index (κ1) is 8.59. The van der Waals surface area contributed by atoms with Crippen molar-refractivity contribution in [3.05, 3.63) is 36.8 Å². The molecule has 0 spiro atoms. The van der Waals surface area contributed by atoms with Crippen LogP contribution >= 0.6 is 0 Å². The van der Waals surface area contributed by atoms with Crippen LogP contribution in [0.1, 0.15) is 10.4 Å². The molecule has 0 aromatic heterocycles.